The summed E-state index contributed by atoms with van der Waals surface area (Å²) in [5, 5.41) is 16.4. The molecule has 4 rings (SSSR count). The van der Waals surface area contributed by atoms with Crippen molar-refractivity contribution in [2.45, 2.75) is 25.3 Å². The maximum absolute atomic E-state index is 11.8. The molecule has 2 atom stereocenters. The van der Waals surface area contributed by atoms with Gasteiger partial charge in [0.1, 0.15) is 16.9 Å². The topological polar surface area (TPSA) is 90.6 Å². The summed E-state index contributed by atoms with van der Waals surface area (Å²) < 4.78 is 1.56. The summed E-state index contributed by atoms with van der Waals surface area (Å²) in [6, 6.07) is 3.66. The Morgan fingerprint density at radius 3 is 2.83 bits per heavy atom. The Morgan fingerprint density at radius 1 is 1.42 bits per heavy atom. The molecule has 0 amide bonds. The average Bonchev–Trinajstić information content (AvgIpc) is 3.26. The van der Waals surface area contributed by atoms with Crippen LogP contribution < -0.4 is 10.6 Å². The fraction of sp³-hybridized carbons (Fsp3) is 0.500. The first-order chi connectivity index (χ1) is 11.6. The standard InChI is InChI=1S/C16H17ClN6O/c1-22-15(20-21-16(22)24)13-11(9-2-3-9)5-7-23(13)14-12(17)10(8-18)4-6-19-14/h4,6,9,11,13H,2-3,5,7H2,1H3,(H,21,24). The molecule has 24 heavy (non-hydrogen) atoms. The van der Waals surface area contributed by atoms with E-state index in [9.17, 15) is 10.1 Å². The third kappa shape index (κ3) is 2.29. The van der Waals surface area contributed by atoms with Crippen LogP contribution in [0.2, 0.25) is 5.02 Å². The van der Waals surface area contributed by atoms with E-state index in [0.717, 1.165) is 13.0 Å². The van der Waals surface area contributed by atoms with Crippen molar-refractivity contribution < 1.29 is 0 Å². The molecule has 2 unspecified atom stereocenters. The third-order valence-corrected chi connectivity index (χ3v) is 5.49. The molecule has 7 nitrogen and oxygen atoms in total. The van der Waals surface area contributed by atoms with E-state index in [1.165, 1.54) is 12.8 Å². The second-order valence-corrected chi connectivity index (χ2v) is 6.86. The van der Waals surface area contributed by atoms with Crippen LogP contribution in [0.5, 0.6) is 0 Å². The van der Waals surface area contributed by atoms with E-state index in [1.54, 1.807) is 23.9 Å². The van der Waals surface area contributed by atoms with Gasteiger partial charge in [-0.25, -0.2) is 14.9 Å². The van der Waals surface area contributed by atoms with Crippen LogP contribution in [0.4, 0.5) is 5.82 Å². The highest BCUT2D eigenvalue weighted by molar-refractivity contribution is 6.34. The van der Waals surface area contributed by atoms with Crippen molar-refractivity contribution in [3.8, 4) is 6.07 Å². The third-order valence-electron chi connectivity index (χ3n) is 5.11. The smallest absolute Gasteiger partial charge is 0.343 e. The molecule has 3 heterocycles. The average molecular weight is 345 g/mol. The lowest BCUT2D eigenvalue weighted by Gasteiger charge is -2.29. The zero-order chi connectivity index (χ0) is 16.8. The Morgan fingerprint density at radius 2 is 2.21 bits per heavy atom. The number of rotatable bonds is 3. The number of H-pyrrole nitrogens is 1. The van der Waals surface area contributed by atoms with E-state index in [-0.39, 0.29) is 11.7 Å². The maximum Gasteiger partial charge on any atom is 0.343 e. The Hall–Kier alpha value is -2.33. The summed E-state index contributed by atoms with van der Waals surface area (Å²) in [7, 11) is 1.72. The van der Waals surface area contributed by atoms with Crippen molar-refractivity contribution in [3.05, 3.63) is 39.2 Å². The lowest BCUT2D eigenvalue weighted by molar-refractivity contribution is 0.405. The van der Waals surface area contributed by atoms with Crippen molar-refractivity contribution in [2.75, 3.05) is 11.4 Å². The Kier molecular flexibility index (Phi) is 3.57. The van der Waals surface area contributed by atoms with Gasteiger partial charge in [-0.2, -0.15) is 10.4 Å². The molecule has 1 aliphatic carbocycles. The largest absolute Gasteiger partial charge is 0.345 e. The van der Waals surface area contributed by atoms with Crippen LogP contribution in [0.15, 0.2) is 17.1 Å². The minimum Gasteiger partial charge on any atom is -0.345 e. The molecule has 2 fully saturated rings. The summed E-state index contributed by atoms with van der Waals surface area (Å²) in [6.45, 7) is 0.786. The predicted molar refractivity (Wildman–Crippen MR) is 88.7 cm³/mol. The van der Waals surface area contributed by atoms with E-state index in [1.807, 2.05) is 0 Å². The van der Waals surface area contributed by atoms with Crippen LogP contribution in [-0.2, 0) is 7.05 Å². The summed E-state index contributed by atoms with van der Waals surface area (Å²) in [4.78, 5) is 18.4. The van der Waals surface area contributed by atoms with Gasteiger partial charge < -0.3 is 4.90 Å². The summed E-state index contributed by atoms with van der Waals surface area (Å²) in [5.41, 5.74) is 0.183. The van der Waals surface area contributed by atoms with Crippen molar-refractivity contribution in [1.29, 1.82) is 5.26 Å². The van der Waals surface area contributed by atoms with Crippen LogP contribution in [0, 0.1) is 23.2 Å². The van der Waals surface area contributed by atoms with Gasteiger partial charge in [0.05, 0.1) is 11.6 Å². The molecule has 0 bridgehead atoms. The van der Waals surface area contributed by atoms with Crippen molar-refractivity contribution in [3.63, 3.8) is 0 Å². The van der Waals surface area contributed by atoms with Crippen molar-refractivity contribution in [2.24, 2.45) is 18.9 Å². The van der Waals surface area contributed by atoms with Gasteiger partial charge in [0.2, 0.25) is 0 Å². The van der Waals surface area contributed by atoms with Gasteiger partial charge in [0, 0.05) is 19.8 Å². The summed E-state index contributed by atoms with van der Waals surface area (Å²) >= 11 is 6.41. The first-order valence-electron chi connectivity index (χ1n) is 8.04. The summed E-state index contributed by atoms with van der Waals surface area (Å²) in [6.07, 6.45) is 5.04. The molecule has 0 radical (unpaired) electrons. The highest BCUT2D eigenvalue weighted by Crippen LogP contribution is 2.51. The highest BCUT2D eigenvalue weighted by atomic mass is 35.5. The van der Waals surface area contributed by atoms with Gasteiger partial charge in [0.25, 0.3) is 0 Å². The number of nitrogens with one attached hydrogen (secondary N) is 1. The molecule has 0 aromatic carbocycles. The minimum atomic E-state index is -0.226. The van der Waals surface area contributed by atoms with Crippen molar-refractivity contribution >= 4 is 17.4 Å². The number of anilines is 1. The molecule has 0 spiro atoms. The molecule has 1 saturated carbocycles. The second kappa shape index (κ2) is 5.64. The second-order valence-electron chi connectivity index (χ2n) is 6.48. The number of aromatic amines is 1. The van der Waals surface area contributed by atoms with Crippen LogP contribution in [-0.4, -0.2) is 26.3 Å². The van der Waals surface area contributed by atoms with E-state index in [4.69, 9.17) is 11.6 Å². The molecule has 2 aliphatic rings. The molecular formula is C16H17ClN6O. The normalized spacial score (nSPS) is 23.5. The monoisotopic (exact) mass is 344 g/mol. The minimum absolute atomic E-state index is 0.0552. The lowest BCUT2D eigenvalue weighted by Crippen LogP contribution is -2.30. The van der Waals surface area contributed by atoms with Gasteiger partial charge in [-0.15, -0.1) is 0 Å². The van der Waals surface area contributed by atoms with Gasteiger partial charge in [-0.3, -0.25) is 4.57 Å². The van der Waals surface area contributed by atoms with Crippen LogP contribution in [0.25, 0.3) is 0 Å². The Labute approximate surface area is 143 Å². The number of halogens is 1. The van der Waals surface area contributed by atoms with Crippen molar-refractivity contribution in [1.82, 2.24) is 19.7 Å². The zero-order valence-corrected chi connectivity index (χ0v) is 14.0. The van der Waals surface area contributed by atoms with E-state index >= 15 is 0 Å². The maximum atomic E-state index is 11.8. The molecule has 124 valence electrons. The predicted octanol–water partition coefficient (Wildman–Crippen LogP) is 2.01. The Bertz CT molecular complexity index is 877. The molecule has 2 aromatic rings. The van der Waals surface area contributed by atoms with Crippen LogP contribution >= 0.6 is 11.6 Å². The van der Waals surface area contributed by atoms with E-state index < -0.39 is 0 Å². The number of hydrogen-bond donors (Lipinski definition) is 1. The number of nitrogens with zero attached hydrogens (tertiary/aromatic N) is 5. The first kappa shape index (κ1) is 15.2. The van der Waals surface area contributed by atoms with Gasteiger partial charge in [-0.1, -0.05) is 11.6 Å². The number of aromatic nitrogens is 4. The first-order valence-corrected chi connectivity index (χ1v) is 8.42. The zero-order valence-electron chi connectivity index (χ0n) is 13.2. The van der Waals surface area contributed by atoms with E-state index in [0.29, 0.717) is 34.1 Å². The summed E-state index contributed by atoms with van der Waals surface area (Å²) in [5.74, 6) is 2.38. The molecule has 1 aliphatic heterocycles. The number of pyridine rings is 1. The van der Waals surface area contributed by atoms with Crippen LogP contribution in [0.3, 0.4) is 0 Å². The highest BCUT2D eigenvalue weighted by Gasteiger charge is 2.46. The van der Waals surface area contributed by atoms with Gasteiger partial charge in [-0.05, 0) is 37.2 Å². The molecule has 1 saturated heterocycles. The fourth-order valence-electron chi connectivity index (χ4n) is 3.75. The number of nitriles is 1. The molecular weight excluding hydrogens is 328 g/mol. The SMILES string of the molecule is Cn1c(C2C(C3CC3)CCN2c2nccc(C#N)c2Cl)n[nH]c1=O. The molecule has 1 N–H and O–H groups in total. The number of hydrogen-bond acceptors (Lipinski definition) is 5. The quantitative estimate of drug-likeness (QED) is 0.919. The molecule has 2 aromatic heterocycles. The lowest BCUT2D eigenvalue weighted by atomic mass is 9.94. The molecule has 8 heteroatoms. The Balaban J connectivity index is 1.81. The van der Waals surface area contributed by atoms with Gasteiger partial charge in [0.15, 0.2) is 5.82 Å². The fourth-order valence-corrected chi connectivity index (χ4v) is 4.01. The van der Waals surface area contributed by atoms with Crippen LogP contribution in [0.1, 0.15) is 36.7 Å². The van der Waals surface area contributed by atoms with Gasteiger partial charge >= 0.3 is 5.69 Å². The van der Waals surface area contributed by atoms with E-state index in [2.05, 4.69) is 26.2 Å².